The van der Waals surface area contributed by atoms with Crippen molar-refractivity contribution in [1.82, 2.24) is 19.3 Å². The fraction of sp³-hybridized carbons (Fsp3) is 0.355. The van der Waals surface area contributed by atoms with Crippen LogP contribution >= 0.6 is 0 Å². The van der Waals surface area contributed by atoms with Crippen molar-refractivity contribution in [3.8, 4) is 17.3 Å². The third kappa shape index (κ3) is 6.50. The van der Waals surface area contributed by atoms with E-state index in [-0.39, 0.29) is 50.7 Å². The number of aryl methyl sites for hydroxylation is 1. The van der Waals surface area contributed by atoms with Crippen molar-refractivity contribution in [1.29, 1.82) is 5.26 Å². The molecule has 230 valence electrons. The SMILES string of the molecule is Cc1ccc(S(=O)(=O)n2cc(-c3nc(N[C@H]4CCC[C@@H](NC(=O)OC(C)(C)C)C4)c(F)cc3C#N)c3cc(F)cnc32)cc1. The molecular formula is C31H32F2N6O4S. The lowest BCUT2D eigenvalue weighted by atomic mass is 9.91. The summed E-state index contributed by atoms with van der Waals surface area (Å²) in [5.41, 5.74) is 0.0262. The number of ether oxygens (including phenoxy) is 1. The van der Waals surface area contributed by atoms with Crippen molar-refractivity contribution in [3.05, 3.63) is 71.6 Å². The molecule has 1 saturated carbocycles. The van der Waals surface area contributed by atoms with Gasteiger partial charge < -0.3 is 15.4 Å². The largest absolute Gasteiger partial charge is 0.444 e. The number of aromatic nitrogens is 3. The van der Waals surface area contributed by atoms with Gasteiger partial charge in [0.05, 0.1) is 22.3 Å². The van der Waals surface area contributed by atoms with Crippen LogP contribution in [0.5, 0.6) is 0 Å². The minimum Gasteiger partial charge on any atom is -0.444 e. The Morgan fingerprint density at radius 2 is 1.84 bits per heavy atom. The van der Waals surface area contributed by atoms with E-state index in [0.717, 1.165) is 40.7 Å². The van der Waals surface area contributed by atoms with Crippen LogP contribution in [0.15, 0.2) is 53.7 Å². The Labute approximate surface area is 254 Å². The minimum atomic E-state index is -4.18. The molecule has 13 heteroatoms. The van der Waals surface area contributed by atoms with Gasteiger partial charge >= 0.3 is 6.09 Å². The summed E-state index contributed by atoms with van der Waals surface area (Å²) in [6.45, 7) is 7.14. The van der Waals surface area contributed by atoms with Crippen molar-refractivity contribution < 1.29 is 26.7 Å². The van der Waals surface area contributed by atoms with E-state index in [0.29, 0.717) is 12.8 Å². The molecule has 10 nitrogen and oxygen atoms in total. The molecule has 1 fully saturated rings. The summed E-state index contributed by atoms with van der Waals surface area (Å²) in [7, 11) is -4.18. The van der Waals surface area contributed by atoms with Gasteiger partial charge in [-0.25, -0.2) is 35.9 Å². The molecule has 0 aliphatic heterocycles. The lowest BCUT2D eigenvalue weighted by Gasteiger charge is -2.31. The maximum Gasteiger partial charge on any atom is 0.407 e. The molecule has 3 aromatic heterocycles. The first-order valence-corrected chi connectivity index (χ1v) is 15.5. The van der Waals surface area contributed by atoms with E-state index in [9.17, 15) is 22.9 Å². The number of alkyl carbamates (subject to hydrolysis) is 1. The van der Waals surface area contributed by atoms with Crippen LogP contribution in [0.4, 0.5) is 19.4 Å². The molecule has 0 spiro atoms. The van der Waals surface area contributed by atoms with Crippen LogP contribution in [-0.4, -0.2) is 46.1 Å². The summed E-state index contributed by atoms with van der Waals surface area (Å²) >= 11 is 0. The molecule has 44 heavy (non-hydrogen) atoms. The smallest absolute Gasteiger partial charge is 0.407 e. The molecule has 3 heterocycles. The number of pyridine rings is 2. The molecule has 1 aromatic carbocycles. The lowest BCUT2D eigenvalue weighted by Crippen LogP contribution is -2.44. The number of nitrogens with one attached hydrogen (secondary N) is 2. The maximum absolute atomic E-state index is 15.3. The van der Waals surface area contributed by atoms with E-state index >= 15 is 4.39 Å². The number of nitrogens with zero attached hydrogens (tertiary/aromatic N) is 4. The van der Waals surface area contributed by atoms with Gasteiger partial charge in [0.25, 0.3) is 10.0 Å². The Morgan fingerprint density at radius 1 is 1.14 bits per heavy atom. The van der Waals surface area contributed by atoms with E-state index in [2.05, 4.69) is 20.6 Å². The average Bonchev–Trinajstić information content (AvgIpc) is 3.32. The third-order valence-electron chi connectivity index (χ3n) is 7.24. The van der Waals surface area contributed by atoms with Crippen LogP contribution in [0.25, 0.3) is 22.3 Å². The molecule has 1 amide bonds. The summed E-state index contributed by atoms with van der Waals surface area (Å²) in [4.78, 5) is 20.7. The zero-order valence-corrected chi connectivity index (χ0v) is 25.5. The zero-order valence-electron chi connectivity index (χ0n) is 24.7. The first-order chi connectivity index (χ1) is 20.7. The number of fused-ring (bicyclic) bond motifs is 1. The van der Waals surface area contributed by atoms with E-state index < -0.39 is 33.4 Å². The zero-order chi connectivity index (χ0) is 31.8. The highest BCUT2D eigenvalue weighted by molar-refractivity contribution is 7.90. The van der Waals surface area contributed by atoms with E-state index in [1.807, 2.05) is 13.0 Å². The number of rotatable bonds is 6. The Morgan fingerprint density at radius 3 is 2.52 bits per heavy atom. The van der Waals surface area contributed by atoms with Gasteiger partial charge in [-0.3, -0.25) is 0 Å². The van der Waals surface area contributed by atoms with Crippen molar-refractivity contribution in [2.45, 2.75) is 76.0 Å². The van der Waals surface area contributed by atoms with Crippen molar-refractivity contribution in [3.63, 3.8) is 0 Å². The van der Waals surface area contributed by atoms with Crippen LogP contribution in [0.3, 0.4) is 0 Å². The topological polar surface area (TPSA) is 139 Å². The monoisotopic (exact) mass is 622 g/mol. The maximum atomic E-state index is 15.3. The number of carbonyl (C=O) groups is 1. The Bertz CT molecular complexity index is 1880. The highest BCUT2D eigenvalue weighted by atomic mass is 32.2. The number of halogens is 2. The first-order valence-electron chi connectivity index (χ1n) is 14.1. The quantitative estimate of drug-likeness (QED) is 0.265. The van der Waals surface area contributed by atoms with Gasteiger partial charge in [-0.05, 0) is 77.6 Å². The number of hydrogen-bond donors (Lipinski definition) is 2. The van der Waals surface area contributed by atoms with Gasteiger partial charge in [-0.1, -0.05) is 17.7 Å². The van der Waals surface area contributed by atoms with E-state index in [1.165, 1.54) is 18.3 Å². The summed E-state index contributed by atoms with van der Waals surface area (Å²) in [5.74, 6) is -1.67. The predicted molar refractivity (Wildman–Crippen MR) is 160 cm³/mol. The number of anilines is 1. The first kappa shape index (κ1) is 30.9. The molecule has 1 aliphatic carbocycles. The number of nitriles is 1. The van der Waals surface area contributed by atoms with E-state index in [1.54, 1.807) is 32.9 Å². The molecule has 0 bridgehead atoms. The van der Waals surface area contributed by atoms with Crippen LogP contribution in [-0.2, 0) is 14.8 Å². The van der Waals surface area contributed by atoms with Gasteiger partial charge in [0.1, 0.15) is 17.5 Å². The van der Waals surface area contributed by atoms with Crippen molar-refractivity contribution in [2.24, 2.45) is 0 Å². The molecule has 0 radical (unpaired) electrons. The Hall–Kier alpha value is -4.57. The number of amides is 1. The highest BCUT2D eigenvalue weighted by Gasteiger charge is 2.29. The van der Waals surface area contributed by atoms with Crippen LogP contribution in [0, 0.1) is 29.9 Å². The van der Waals surface area contributed by atoms with Crippen molar-refractivity contribution >= 4 is 33.0 Å². The number of carbonyl (C=O) groups excluding carboxylic acids is 1. The fourth-order valence-corrected chi connectivity index (χ4v) is 6.57. The fourth-order valence-electron chi connectivity index (χ4n) is 5.25. The minimum absolute atomic E-state index is 0.0144. The van der Waals surface area contributed by atoms with E-state index in [4.69, 9.17) is 4.74 Å². The van der Waals surface area contributed by atoms with Crippen LogP contribution in [0.2, 0.25) is 0 Å². The average molecular weight is 623 g/mol. The molecule has 2 atom stereocenters. The van der Waals surface area contributed by atoms with Gasteiger partial charge in [-0.2, -0.15) is 5.26 Å². The van der Waals surface area contributed by atoms with Gasteiger partial charge in [-0.15, -0.1) is 0 Å². The predicted octanol–water partition coefficient (Wildman–Crippen LogP) is 6.04. The summed E-state index contributed by atoms with van der Waals surface area (Å²) in [6.07, 6.45) is 4.20. The normalized spacial score (nSPS) is 17.2. The van der Waals surface area contributed by atoms with Crippen molar-refractivity contribution in [2.75, 3.05) is 5.32 Å². The van der Waals surface area contributed by atoms with Gasteiger partial charge in [0.15, 0.2) is 17.3 Å². The van der Waals surface area contributed by atoms with Crippen LogP contribution in [0.1, 0.15) is 57.6 Å². The second-order valence-corrected chi connectivity index (χ2v) is 13.7. The molecule has 2 N–H and O–H groups in total. The lowest BCUT2D eigenvalue weighted by molar-refractivity contribution is 0.0492. The molecule has 0 unspecified atom stereocenters. The Kier molecular flexibility index (Phi) is 8.31. The number of benzene rings is 1. The molecule has 0 saturated heterocycles. The standard InChI is InChI=1S/C31H32F2N6O4S/c1-18-8-10-23(11-9-18)44(41,42)39-17-25(24-13-20(32)16-35-29(24)39)27-19(15-34)12-26(33)28(38-27)36-21-6-5-7-22(14-21)37-30(40)43-31(2,3)4/h8-13,16-17,21-22H,5-7,14H2,1-4H3,(H,36,38)(H,37,40)/t21-,22+/m0/s1. The second kappa shape index (κ2) is 11.8. The van der Waals surface area contributed by atoms with Gasteiger partial charge in [0, 0.05) is 29.2 Å². The molecule has 1 aliphatic rings. The molecule has 4 aromatic rings. The summed E-state index contributed by atoms with van der Waals surface area (Å²) in [5, 5.41) is 15.9. The number of hydrogen-bond acceptors (Lipinski definition) is 8. The molecular weight excluding hydrogens is 590 g/mol. The Balaban J connectivity index is 1.52. The summed E-state index contributed by atoms with van der Waals surface area (Å²) < 4.78 is 63.3. The molecule has 5 rings (SSSR count). The second-order valence-electron chi connectivity index (χ2n) is 11.9. The third-order valence-corrected chi connectivity index (χ3v) is 8.91. The highest BCUT2D eigenvalue weighted by Crippen LogP contribution is 2.35. The van der Waals surface area contributed by atoms with Gasteiger partial charge in [0.2, 0.25) is 0 Å². The van der Waals surface area contributed by atoms with Crippen LogP contribution < -0.4 is 10.6 Å². The summed E-state index contributed by atoms with van der Waals surface area (Å²) in [6, 6.07) is 9.75.